The van der Waals surface area contributed by atoms with Crippen LogP contribution >= 0.6 is 15.9 Å². The zero-order valence-corrected chi connectivity index (χ0v) is 14.4. The third-order valence-corrected chi connectivity index (χ3v) is 3.16. The van der Waals surface area contributed by atoms with Gasteiger partial charge < -0.3 is 15.7 Å². The summed E-state index contributed by atoms with van der Waals surface area (Å²) in [5.74, 6) is 1.36. The molecule has 0 aliphatic rings. The van der Waals surface area contributed by atoms with Crippen molar-refractivity contribution in [2.75, 3.05) is 29.1 Å². The summed E-state index contributed by atoms with van der Waals surface area (Å²) in [5.41, 5.74) is 3.31. The number of benzene rings is 1. The number of hydrazone groups is 1. The minimum atomic E-state index is 0.135. The Balaban J connectivity index is 2.15. The molecule has 23 heavy (non-hydrogen) atoms. The average Bonchev–Trinajstić information content (AvgIpc) is 2.51. The van der Waals surface area contributed by atoms with Crippen LogP contribution in [0.1, 0.15) is 19.4 Å². The molecule has 0 spiro atoms. The molecular weight excluding hydrogens is 362 g/mol. The van der Waals surface area contributed by atoms with Crippen molar-refractivity contribution < 1.29 is 5.11 Å². The van der Waals surface area contributed by atoms with E-state index in [-0.39, 0.29) is 5.75 Å². The van der Waals surface area contributed by atoms with Crippen LogP contribution in [-0.2, 0) is 0 Å². The third kappa shape index (κ3) is 5.06. The summed E-state index contributed by atoms with van der Waals surface area (Å²) in [6, 6.07) is 5.08. The first-order chi connectivity index (χ1) is 11.1. The standard InChI is InChI=1S/C14H18BrN7O/c1-3-16-12-19-13(17-4-2)21-14(20-12)22-18-8-9-7-10(15)5-6-11(9)23/h5-8,23H,3-4H2,1-2H3,(H3,16,17,19,20,21,22)/b18-8+. The number of nitrogens with zero attached hydrogens (tertiary/aromatic N) is 4. The highest BCUT2D eigenvalue weighted by atomic mass is 79.9. The largest absolute Gasteiger partial charge is 0.507 e. The van der Waals surface area contributed by atoms with Crippen LogP contribution < -0.4 is 16.1 Å². The van der Waals surface area contributed by atoms with Crippen LogP contribution in [0.3, 0.4) is 0 Å². The van der Waals surface area contributed by atoms with Crippen molar-refractivity contribution in [1.82, 2.24) is 15.0 Å². The van der Waals surface area contributed by atoms with E-state index in [2.05, 4.69) is 52.0 Å². The van der Waals surface area contributed by atoms with E-state index in [1.54, 1.807) is 18.2 Å². The SMILES string of the molecule is CCNc1nc(NCC)nc(N/N=C/c2cc(Br)ccc2O)n1. The van der Waals surface area contributed by atoms with Gasteiger partial charge in [0.05, 0.1) is 6.21 Å². The lowest BCUT2D eigenvalue weighted by Gasteiger charge is -2.07. The molecule has 0 amide bonds. The summed E-state index contributed by atoms with van der Waals surface area (Å²) in [4.78, 5) is 12.6. The number of nitrogens with one attached hydrogen (secondary N) is 3. The summed E-state index contributed by atoms with van der Waals surface area (Å²) < 4.78 is 0.848. The molecule has 0 aliphatic carbocycles. The van der Waals surface area contributed by atoms with Gasteiger partial charge in [-0.1, -0.05) is 15.9 Å². The number of phenolic OH excluding ortho intramolecular Hbond substituents is 1. The monoisotopic (exact) mass is 379 g/mol. The molecule has 0 saturated carbocycles. The first-order valence-corrected chi connectivity index (χ1v) is 7.93. The maximum atomic E-state index is 9.76. The fourth-order valence-electron chi connectivity index (χ4n) is 1.69. The van der Waals surface area contributed by atoms with Gasteiger partial charge in [-0.15, -0.1) is 0 Å². The van der Waals surface area contributed by atoms with Crippen LogP contribution in [0.25, 0.3) is 0 Å². The zero-order chi connectivity index (χ0) is 16.7. The first kappa shape index (κ1) is 16.9. The molecule has 4 N–H and O–H groups in total. The highest BCUT2D eigenvalue weighted by molar-refractivity contribution is 9.10. The van der Waals surface area contributed by atoms with Crippen molar-refractivity contribution in [3.05, 3.63) is 28.2 Å². The maximum Gasteiger partial charge on any atom is 0.250 e. The molecule has 1 aromatic heterocycles. The number of anilines is 3. The van der Waals surface area contributed by atoms with Gasteiger partial charge >= 0.3 is 0 Å². The third-order valence-electron chi connectivity index (χ3n) is 2.66. The van der Waals surface area contributed by atoms with Gasteiger partial charge in [0.25, 0.3) is 0 Å². The van der Waals surface area contributed by atoms with Crippen molar-refractivity contribution in [3.8, 4) is 5.75 Å². The van der Waals surface area contributed by atoms with Gasteiger partial charge in [-0.05, 0) is 32.0 Å². The summed E-state index contributed by atoms with van der Waals surface area (Å²) in [5, 5.41) is 19.9. The number of rotatable bonds is 7. The molecule has 0 unspecified atom stereocenters. The molecule has 122 valence electrons. The minimum Gasteiger partial charge on any atom is -0.507 e. The van der Waals surface area contributed by atoms with Crippen molar-refractivity contribution in [2.45, 2.75) is 13.8 Å². The van der Waals surface area contributed by atoms with E-state index in [9.17, 15) is 5.11 Å². The Morgan fingerprint density at radius 1 is 1.09 bits per heavy atom. The molecule has 0 fully saturated rings. The molecule has 0 bridgehead atoms. The predicted molar refractivity (Wildman–Crippen MR) is 95.2 cm³/mol. The van der Waals surface area contributed by atoms with Gasteiger partial charge in [-0.2, -0.15) is 20.1 Å². The van der Waals surface area contributed by atoms with Gasteiger partial charge in [0.2, 0.25) is 17.8 Å². The van der Waals surface area contributed by atoms with Crippen molar-refractivity contribution in [2.24, 2.45) is 5.10 Å². The normalized spacial score (nSPS) is 10.7. The fourth-order valence-corrected chi connectivity index (χ4v) is 2.07. The van der Waals surface area contributed by atoms with Crippen molar-refractivity contribution in [3.63, 3.8) is 0 Å². The van der Waals surface area contributed by atoms with Crippen LogP contribution in [0, 0.1) is 0 Å². The molecule has 9 heteroatoms. The molecule has 8 nitrogen and oxygen atoms in total. The van der Waals surface area contributed by atoms with Gasteiger partial charge in [0.1, 0.15) is 5.75 Å². The highest BCUT2D eigenvalue weighted by Gasteiger charge is 2.05. The van der Waals surface area contributed by atoms with E-state index < -0.39 is 0 Å². The first-order valence-electron chi connectivity index (χ1n) is 7.13. The van der Waals surface area contributed by atoms with Crippen LogP contribution in [0.15, 0.2) is 27.8 Å². The van der Waals surface area contributed by atoms with E-state index in [4.69, 9.17) is 0 Å². The predicted octanol–water partition coefficient (Wildman–Crippen LogP) is 2.65. The Hall–Kier alpha value is -2.42. The summed E-state index contributed by atoms with van der Waals surface area (Å²) >= 11 is 3.34. The number of hydrogen-bond acceptors (Lipinski definition) is 8. The second-order valence-electron chi connectivity index (χ2n) is 4.44. The molecule has 0 saturated heterocycles. The van der Waals surface area contributed by atoms with Crippen molar-refractivity contribution >= 4 is 40.0 Å². The van der Waals surface area contributed by atoms with Crippen LogP contribution in [0.4, 0.5) is 17.8 Å². The van der Waals surface area contributed by atoms with Gasteiger partial charge in [0, 0.05) is 23.1 Å². The average molecular weight is 380 g/mol. The Kier molecular flexibility index (Phi) is 6.10. The molecule has 2 aromatic rings. The lowest BCUT2D eigenvalue weighted by Crippen LogP contribution is -2.10. The fraction of sp³-hybridized carbons (Fsp3) is 0.286. The molecular formula is C14H18BrN7O. The molecule has 1 aromatic carbocycles. The van der Waals surface area contributed by atoms with Gasteiger partial charge in [-0.25, -0.2) is 5.43 Å². The van der Waals surface area contributed by atoms with Crippen LogP contribution in [-0.4, -0.2) is 39.4 Å². The molecule has 0 radical (unpaired) electrons. The second-order valence-corrected chi connectivity index (χ2v) is 5.36. The lowest BCUT2D eigenvalue weighted by molar-refractivity contribution is 0.474. The Bertz CT molecular complexity index is 669. The maximum absolute atomic E-state index is 9.76. The Morgan fingerprint density at radius 3 is 2.30 bits per heavy atom. The van der Waals surface area contributed by atoms with E-state index in [0.717, 1.165) is 4.47 Å². The zero-order valence-electron chi connectivity index (χ0n) is 12.8. The molecule has 1 heterocycles. The number of aromatic hydroxyl groups is 1. The van der Waals surface area contributed by atoms with E-state index >= 15 is 0 Å². The quantitative estimate of drug-likeness (QED) is 0.432. The molecule has 2 rings (SSSR count). The Morgan fingerprint density at radius 2 is 1.70 bits per heavy atom. The van der Waals surface area contributed by atoms with Gasteiger partial charge in [-0.3, -0.25) is 0 Å². The second kappa shape index (κ2) is 8.28. The summed E-state index contributed by atoms with van der Waals surface area (Å²) in [6.07, 6.45) is 1.49. The topological polar surface area (TPSA) is 107 Å². The molecule has 0 atom stereocenters. The van der Waals surface area contributed by atoms with Crippen LogP contribution in [0.5, 0.6) is 5.75 Å². The number of phenols is 1. The van der Waals surface area contributed by atoms with E-state index in [1.165, 1.54) is 6.21 Å². The minimum absolute atomic E-state index is 0.135. The van der Waals surface area contributed by atoms with Crippen molar-refractivity contribution in [1.29, 1.82) is 0 Å². The highest BCUT2D eigenvalue weighted by Crippen LogP contribution is 2.20. The Labute approximate surface area is 142 Å². The summed E-state index contributed by atoms with van der Waals surface area (Å²) in [6.45, 7) is 5.31. The number of hydrogen-bond donors (Lipinski definition) is 4. The summed E-state index contributed by atoms with van der Waals surface area (Å²) in [7, 11) is 0. The van der Waals surface area contributed by atoms with E-state index in [0.29, 0.717) is 36.5 Å². The smallest absolute Gasteiger partial charge is 0.250 e. The number of halogens is 1. The number of aromatic nitrogens is 3. The van der Waals surface area contributed by atoms with Gasteiger partial charge in [0.15, 0.2) is 0 Å². The van der Waals surface area contributed by atoms with E-state index in [1.807, 2.05) is 13.8 Å². The molecule has 0 aliphatic heterocycles. The lowest BCUT2D eigenvalue weighted by atomic mass is 10.2. The van der Waals surface area contributed by atoms with Crippen LogP contribution in [0.2, 0.25) is 0 Å².